The van der Waals surface area contributed by atoms with Gasteiger partial charge in [-0.3, -0.25) is 0 Å². The lowest BCUT2D eigenvalue weighted by Gasteiger charge is -2.13. The lowest BCUT2D eigenvalue weighted by atomic mass is 10.1. The Morgan fingerprint density at radius 1 is 1.11 bits per heavy atom. The SMILES string of the molecule is NC(=S)c1c(Br)cccc1Nc1cccc(Br)c1. The van der Waals surface area contributed by atoms with Gasteiger partial charge in [0.25, 0.3) is 0 Å². The summed E-state index contributed by atoms with van der Waals surface area (Å²) in [7, 11) is 0. The van der Waals surface area contributed by atoms with Crippen LogP contribution in [0.5, 0.6) is 0 Å². The number of thiocarbonyl (C=S) groups is 1. The highest BCUT2D eigenvalue weighted by atomic mass is 79.9. The van der Waals surface area contributed by atoms with E-state index in [0.29, 0.717) is 4.99 Å². The zero-order chi connectivity index (χ0) is 13.1. The van der Waals surface area contributed by atoms with Gasteiger partial charge < -0.3 is 11.1 Å². The van der Waals surface area contributed by atoms with E-state index in [0.717, 1.165) is 25.9 Å². The summed E-state index contributed by atoms with van der Waals surface area (Å²) in [6.45, 7) is 0. The first kappa shape index (κ1) is 13.5. The third-order valence-corrected chi connectivity index (χ3v) is 3.72. The minimum atomic E-state index is 0.361. The maximum Gasteiger partial charge on any atom is 0.107 e. The van der Waals surface area contributed by atoms with Crippen molar-refractivity contribution < 1.29 is 0 Å². The zero-order valence-corrected chi connectivity index (χ0v) is 13.3. The van der Waals surface area contributed by atoms with E-state index < -0.39 is 0 Å². The normalized spacial score (nSPS) is 10.1. The van der Waals surface area contributed by atoms with Gasteiger partial charge >= 0.3 is 0 Å². The molecule has 0 aliphatic rings. The summed E-state index contributed by atoms with van der Waals surface area (Å²) in [4.78, 5) is 0.361. The number of rotatable bonds is 3. The Bertz CT molecular complexity index is 599. The summed E-state index contributed by atoms with van der Waals surface area (Å²) < 4.78 is 1.90. The van der Waals surface area contributed by atoms with Crippen LogP contribution in [0, 0.1) is 0 Å². The smallest absolute Gasteiger partial charge is 0.107 e. The lowest BCUT2D eigenvalue weighted by Crippen LogP contribution is -2.12. The van der Waals surface area contributed by atoms with Crippen molar-refractivity contribution in [1.29, 1.82) is 0 Å². The van der Waals surface area contributed by atoms with Crippen LogP contribution in [0.3, 0.4) is 0 Å². The molecule has 0 fully saturated rings. The van der Waals surface area contributed by atoms with Gasteiger partial charge in [-0.25, -0.2) is 0 Å². The van der Waals surface area contributed by atoms with Gasteiger partial charge in [0, 0.05) is 25.9 Å². The Morgan fingerprint density at radius 3 is 2.50 bits per heavy atom. The molecule has 0 atom stereocenters. The molecule has 0 aliphatic carbocycles. The Hall–Kier alpha value is -0.910. The number of halogens is 2. The first-order chi connectivity index (χ1) is 8.58. The highest BCUT2D eigenvalue weighted by Gasteiger charge is 2.09. The molecule has 0 heterocycles. The number of benzene rings is 2. The zero-order valence-electron chi connectivity index (χ0n) is 9.28. The Kier molecular flexibility index (Phi) is 4.37. The molecule has 18 heavy (non-hydrogen) atoms. The molecule has 2 aromatic carbocycles. The maximum absolute atomic E-state index is 5.75. The Labute approximate surface area is 128 Å². The maximum atomic E-state index is 5.75. The van der Waals surface area contributed by atoms with Crippen LogP contribution in [-0.2, 0) is 0 Å². The molecule has 0 bridgehead atoms. The number of hydrogen-bond acceptors (Lipinski definition) is 2. The Morgan fingerprint density at radius 2 is 1.83 bits per heavy atom. The van der Waals surface area contributed by atoms with E-state index in [1.807, 2.05) is 42.5 Å². The molecule has 2 aromatic rings. The molecule has 2 nitrogen and oxygen atoms in total. The predicted molar refractivity (Wildman–Crippen MR) is 87.5 cm³/mol. The van der Waals surface area contributed by atoms with Crippen LogP contribution in [0.15, 0.2) is 51.4 Å². The summed E-state index contributed by atoms with van der Waals surface area (Å²) in [5, 5.41) is 3.31. The molecule has 0 unspecified atom stereocenters. The quantitative estimate of drug-likeness (QED) is 0.759. The molecular weight excluding hydrogens is 376 g/mol. The number of nitrogens with one attached hydrogen (secondary N) is 1. The topological polar surface area (TPSA) is 38.0 Å². The molecule has 3 N–H and O–H groups in total. The average molecular weight is 386 g/mol. The van der Waals surface area contributed by atoms with Crippen molar-refractivity contribution in [3.63, 3.8) is 0 Å². The van der Waals surface area contributed by atoms with Gasteiger partial charge in [-0.1, -0.05) is 40.3 Å². The van der Waals surface area contributed by atoms with Crippen molar-refractivity contribution in [3.8, 4) is 0 Å². The number of nitrogens with two attached hydrogens (primary N) is 1. The average Bonchev–Trinajstić information content (AvgIpc) is 2.28. The fraction of sp³-hybridized carbons (Fsp3) is 0. The molecule has 0 amide bonds. The summed E-state index contributed by atoms with van der Waals surface area (Å²) in [5.74, 6) is 0. The second-order valence-corrected chi connectivity index (χ2v) is 5.87. The van der Waals surface area contributed by atoms with E-state index in [1.54, 1.807) is 0 Å². The van der Waals surface area contributed by atoms with Gasteiger partial charge in [0.15, 0.2) is 0 Å². The van der Waals surface area contributed by atoms with Gasteiger partial charge in [0.1, 0.15) is 4.99 Å². The van der Waals surface area contributed by atoms with Crippen molar-refractivity contribution in [2.24, 2.45) is 5.73 Å². The number of anilines is 2. The molecule has 0 aromatic heterocycles. The van der Waals surface area contributed by atoms with Crippen molar-refractivity contribution in [3.05, 3.63) is 57.0 Å². The summed E-state index contributed by atoms with van der Waals surface area (Å²) >= 11 is 12.0. The third-order valence-electron chi connectivity index (χ3n) is 2.36. The van der Waals surface area contributed by atoms with Crippen LogP contribution >= 0.6 is 44.1 Å². The highest BCUT2D eigenvalue weighted by Crippen LogP contribution is 2.28. The fourth-order valence-electron chi connectivity index (χ4n) is 1.60. The molecule has 5 heteroatoms. The van der Waals surface area contributed by atoms with Crippen LogP contribution in [0.2, 0.25) is 0 Å². The monoisotopic (exact) mass is 384 g/mol. The fourth-order valence-corrected chi connectivity index (χ4v) is 2.93. The predicted octanol–water partition coefficient (Wildman–Crippen LogP) is 4.59. The van der Waals surface area contributed by atoms with Crippen molar-refractivity contribution in [2.45, 2.75) is 0 Å². The molecule has 92 valence electrons. The van der Waals surface area contributed by atoms with Gasteiger partial charge in [-0.2, -0.15) is 0 Å². The lowest BCUT2D eigenvalue weighted by molar-refractivity contribution is 1.49. The van der Waals surface area contributed by atoms with E-state index in [4.69, 9.17) is 18.0 Å². The van der Waals surface area contributed by atoms with E-state index in [-0.39, 0.29) is 0 Å². The van der Waals surface area contributed by atoms with Gasteiger partial charge in [0.05, 0.1) is 0 Å². The van der Waals surface area contributed by atoms with Crippen molar-refractivity contribution in [2.75, 3.05) is 5.32 Å². The van der Waals surface area contributed by atoms with Crippen molar-refractivity contribution in [1.82, 2.24) is 0 Å². The highest BCUT2D eigenvalue weighted by molar-refractivity contribution is 9.10. The minimum absolute atomic E-state index is 0.361. The van der Waals surface area contributed by atoms with Gasteiger partial charge in [-0.15, -0.1) is 0 Å². The Balaban J connectivity index is 2.40. The number of hydrogen-bond donors (Lipinski definition) is 2. The summed E-state index contributed by atoms with van der Waals surface area (Å²) in [6, 6.07) is 13.7. The molecular formula is C13H10Br2N2S. The molecule has 0 saturated carbocycles. The van der Waals surface area contributed by atoms with Crippen molar-refractivity contribution >= 4 is 60.4 Å². The second-order valence-electron chi connectivity index (χ2n) is 3.66. The van der Waals surface area contributed by atoms with Crippen LogP contribution in [-0.4, -0.2) is 4.99 Å². The van der Waals surface area contributed by atoms with Crippen LogP contribution < -0.4 is 11.1 Å². The van der Waals surface area contributed by atoms with E-state index in [9.17, 15) is 0 Å². The van der Waals surface area contributed by atoms with Crippen LogP contribution in [0.4, 0.5) is 11.4 Å². The van der Waals surface area contributed by atoms with E-state index in [1.165, 1.54) is 0 Å². The minimum Gasteiger partial charge on any atom is -0.389 e. The molecule has 0 saturated heterocycles. The second kappa shape index (κ2) is 5.82. The van der Waals surface area contributed by atoms with Gasteiger partial charge in [0.2, 0.25) is 0 Å². The van der Waals surface area contributed by atoms with E-state index >= 15 is 0 Å². The molecule has 0 radical (unpaired) electrons. The summed E-state index contributed by atoms with van der Waals surface area (Å²) in [5.41, 5.74) is 8.42. The van der Waals surface area contributed by atoms with Crippen LogP contribution in [0.1, 0.15) is 5.56 Å². The first-order valence-corrected chi connectivity index (χ1v) is 7.18. The summed E-state index contributed by atoms with van der Waals surface area (Å²) in [6.07, 6.45) is 0. The van der Waals surface area contributed by atoms with Crippen LogP contribution in [0.25, 0.3) is 0 Å². The first-order valence-electron chi connectivity index (χ1n) is 5.19. The van der Waals surface area contributed by atoms with E-state index in [2.05, 4.69) is 37.2 Å². The standard InChI is InChI=1S/C13H10Br2N2S/c14-8-3-1-4-9(7-8)17-11-6-2-5-10(15)12(11)13(16)18/h1-7,17H,(H2,16,18). The molecule has 2 rings (SSSR count). The molecule has 0 spiro atoms. The van der Waals surface area contributed by atoms with Gasteiger partial charge in [-0.05, 0) is 46.3 Å². The third kappa shape index (κ3) is 3.10. The largest absolute Gasteiger partial charge is 0.389 e. The molecule has 0 aliphatic heterocycles.